The predicted octanol–water partition coefficient (Wildman–Crippen LogP) is 2.68. The topological polar surface area (TPSA) is 29.7 Å². The fourth-order valence-electron chi connectivity index (χ4n) is 2.73. The summed E-state index contributed by atoms with van der Waals surface area (Å²) in [5.41, 5.74) is 4.74. The molecule has 0 spiro atoms. The second-order valence-corrected chi connectivity index (χ2v) is 4.90. The molecular formula is C14H13N3. The Balaban J connectivity index is 1.92. The molecule has 1 fully saturated rings. The molecule has 0 aromatic carbocycles. The van der Waals surface area contributed by atoms with E-state index in [9.17, 15) is 0 Å². The third kappa shape index (κ3) is 1.28. The number of hydrogen-bond donors (Lipinski definition) is 0. The van der Waals surface area contributed by atoms with Crippen LogP contribution in [0, 0.1) is 11.8 Å². The first-order chi connectivity index (χ1) is 8.33. The minimum absolute atomic E-state index is 0.631. The molecule has 4 rings (SSSR count). The number of aliphatic imine (C=N–C) groups is 1. The lowest BCUT2D eigenvalue weighted by molar-refractivity contribution is 0.961. The lowest BCUT2D eigenvalue weighted by Crippen LogP contribution is -2.08. The van der Waals surface area contributed by atoms with Gasteiger partial charge in [-0.2, -0.15) is 5.10 Å². The van der Waals surface area contributed by atoms with Crippen LogP contribution in [0.1, 0.15) is 18.9 Å². The first-order valence-corrected chi connectivity index (χ1v) is 6.03. The third-order valence-corrected chi connectivity index (χ3v) is 3.65. The van der Waals surface area contributed by atoms with Crippen LogP contribution in [0.4, 0.5) is 0 Å². The van der Waals surface area contributed by atoms with Crippen LogP contribution in [-0.4, -0.2) is 15.3 Å². The monoisotopic (exact) mass is 223 g/mol. The van der Waals surface area contributed by atoms with E-state index in [2.05, 4.69) is 30.2 Å². The molecule has 0 N–H and O–H groups in total. The Morgan fingerprint density at radius 3 is 3.24 bits per heavy atom. The van der Waals surface area contributed by atoms with Crippen LogP contribution in [0.25, 0.3) is 5.52 Å². The molecule has 2 atom stereocenters. The zero-order valence-electron chi connectivity index (χ0n) is 9.67. The van der Waals surface area contributed by atoms with Crippen LogP contribution >= 0.6 is 0 Å². The van der Waals surface area contributed by atoms with E-state index in [0.717, 1.165) is 17.1 Å². The first kappa shape index (κ1) is 9.16. The Morgan fingerprint density at radius 2 is 2.29 bits per heavy atom. The molecule has 1 aliphatic carbocycles. The van der Waals surface area contributed by atoms with Crippen molar-refractivity contribution in [2.24, 2.45) is 16.8 Å². The van der Waals surface area contributed by atoms with E-state index in [0.29, 0.717) is 5.92 Å². The molecule has 1 aliphatic heterocycles. The molecule has 2 aromatic rings. The average molecular weight is 223 g/mol. The SMILES string of the molecule is CC1=CC2CC2C(c2cnn3ccccc23)=N1. The smallest absolute Gasteiger partial charge is 0.0752 e. The highest BCUT2D eigenvalue weighted by atomic mass is 15.2. The Morgan fingerprint density at radius 1 is 1.35 bits per heavy atom. The Hall–Kier alpha value is -1.90. The predicted molar refractivity (Wildman–Crippen MR) is 67.1 cm³/mol. The van der Waals surface area contributed by atoms with Gasteiger partial charge in [0.1, 0.15) is 0 Å². The van der Waals surface area contributed by atoms with Crippen molar-refractivity contribution in [3.8, 4) is 0 Å². The van der Waals surface area contributed by atoms with E-state index in [4.69, 9.17) is 4.99 Å². The second kappa shape index (κ2) is 3.06. The summed E-state index contributed by atoms with van der Waals surface area (Å²) in [4.78, 5) is 4.72. The van der Waals surface area contributed by atoms with E-state index < -0.39 is 0 Å². The zero-order valence-corrected chi connectivity index (χ0v) is 9.67. The minimum Gasteiger partial charge on any atom is -0.257 e. The summed E-state index contributed by atoms with van der Waals surface area (Å²) in [6.45, 7) is 2.08. The molecule has 0 radical (unpaired) electrons. The molecule has 3 heteroatoms. The molecule has 0 amide bonds. The van der Waals surface area contributed by atoms with E-state index in [-0.39, 0.29) is 0 Å². The van der Waals surface area contributed by atoms with Crippen molar-refractivity contribution < 1.29 is 0 Å². The number of allylic oxidation sites excluding steroid dienone is 2. The van der Waals surface area contributed by atoms with Crippen LogP contribution in [0.3, 0.4) is 0 Å². The van der Waals surface area contributed by atoms with Gasteiger partial charge in [-0.3, -0.25) is 4.99 Å². The van der Waals surface area contributed by atoms with Gasteiger partial charge in [-0.15, -0.1) is 0 Å². The van der Waals surface area contributed by atoms with Crippen LogP contribution in [-0.2, 0) is 0 Å². The molecule has 3 nitrogen and oxygen atoms in total. The number of pyridine rings is 1. The lowest BCUT2D eigenvalue weighted by atomic mass is 10.0. The molecule has 2 aliphatic rings. The van der Waals surface area contributed by atoms with E-state index >= 15 is 0 Å². The second-order valence-electron chi connectivity index (χ2n) is 4.90. The number of nitrogens with zero attached hydrogens (tertiary/aromatic N) is 3. The van der Waals surface area contributed by atoms with Gasteiger partial charge in [0.05, 0.1) is 17.4 Å². The van der Waals surface area contributed by atoms with Gasteiger partial charge in [0.2, 0.25) is 0 Å². The molecule has 84 valence electrons. The van der Waals surface area contributed by atoms with Gasteiger partial charge in [-0.1, -0.05) is 12.1 Å². The van der Waals surface area contributed by atoms with Gasteiger partial charge in [0.25, 0.3) is 0 Å². The Kier molecular flexibility index (Phi) is 1.65. The van der Waals surface area contributed by atoms with Crippen molar-refractivity contribution >= 4 is 11.2 Å². The van der Waals surface area contributed by atoms with E-state index in [1.165, 1.54) is 17.7 Å². The Bertz CT molecular complexity index is 663. The molecule has 0 saturated heterocycles. The highest BCUT2D eigenvalue weighted by Gasteiger charge is 2.42. The summed E-state index contributed by atoms with van der Waals surface area (Å²) < 4.78 is 1.92. The van der Waals surface area contributed by atoms with Gasteiger partial charge >= 0.3 is 0 Å². The minimum atomic E-state index is 0.631. The van der Waals surface area contributed by atoms with Crippen molar-refractivity contribution in [2.45, 2.75) is 13.3 Å². The van der Waals surface area contributed by atoms with Crippen molar-refractivity contribution in [3.05, 3.63) is 47.9 Å². The van der Waals surface area contributed by atoms with Crippen LogP contribution < -0.4 is 0 Å². The van der Waals surface area contributed by atoms with Gasteiger partial charge in [0, 0.05) is 23.4 Å². The Labute approximate surface area is 99.5 Å². The summed E-state index contributed by atoms with van der Waals surface area (Å²) in [7, 11) is 0. The number of fused-ring (bicyclic) bond motifs is 2. The molecule has 0 bridgehead atoms. The van der Waals surface area contributed by atoms with Crippen molar-refractivity contribution in [3.63, 3.8) is 0 Å². The van der Waals surface area contributed by atoms with E-state index in [1.807, 2.05) is 23.0 Å². The lowest BCUT2D eigenvalue weighted by Gasteiger charge is -2.09. The zero-order chi connectivity index (χ0) is 11.4. The van der Waals surface area contributed by atoms with Crippen molar-refractivity contribution in [1.82, 2.24) is 9.61 Å². The van der Waals surface area contributed by atoms with Crippen LogP contribution in [0.2, 0.25) is 0 Å². The number of rotatable bonds is 1. The van der Waals surface area contributed by atoms with Gasteiger partial charge in [-0.25, -0.2) is 4.52 Å². The third-order valence-electron chi connectivity index (χ3n) is 3.65. The maximum Gasteiger partial charge on any atom is 0.0752 e. The summed E-state index contributed by atoms with van der Waals surface area (Å²) >= 11 is 0. The average Bonchev–Trinajstić information content (AvgIpc) is 2.98. The molecule has 2 unspecified atom stereocenters. The van der Waals surface area contributed by atoms with Gasteiger partial charge in [-0.05, 0) is 31.4 Å². The highest BCUT2D eigenvalue weighted by Crippen LogP contribution is 2.46. The maximum absolute atomic E-state index is 4.72. The normalized spacial score (nSPS) is 26.4. The standard InChI is InChI=1S/C14H13N3/c1-9-6-10-7-11(10)14(16-9)12-8-15-17-5-3-2-4-13(12)17/h2-6,8,10-11H,7H2,1H3. The molecule has 2 aromatic heterocycles. The summed E-state index contributed by atoms with van der Waals surface area (Å²) in [6.07, 6.45) is 7.47. The molecule has 3 heterocycles. The highest BCUT2D eigenvalue weighted by molar-refractivity contribution is 6.09. The van der Waals surface area contributed by atoms with Gasteiger partial charge in [0.15, 0.2) is 0 Å². The molecule has 1 saturated carbocycles. The van der Waals surface area contributed by atoms with Crippen molar-refractivity contribution in [1.29, 1.82) is 0 Å². The first-order valence-electron chi connectivity index (χ1n) is 6.03. The van der Waals surface area contributed by atoms with Crippen LogP contribution in [0.5, 0.6) is 0 Å². The van der Waals surface area contributed by atoms with Crippen molar-refractivity contribution in [2.75, 3.05) is 0 Å². The number of hydrogen-bond acceptors (Lipinski definition) is 2. The maximum atomic E-state index is 4.72. The fourth-order valence-corrected chi connectivity index (χ4v) is 2.73. The summed E-state index contributed by atoms with van der Waals surface area (Å²) in [5, 5.41) is 4.39. The van der Waals surface area contributed by atoms with Gasteiger partial charge < -0.3 is 0 Å². The molecular weight excluding hydrogens is 210 g/mol. The summed E-state index contributed by atoms with van der Waals surface area (Å²) in [5.74, 6) is 1.35. The molecule has 17 heavy (non-hydrogen) atoms. The quantitative estimate of drug-likeness (QED) is 0.731. The van der Waals surface area contributed by atoms with E-state index in [1.54, 1.807) is 0 Å². The fraction of sp³-hybridized carbons (Fsp3) is 0.286. The van der Waals surface area contributed by atoms with Crippen LogP contribution in [0.15, 0.2) is 47.4 Å². The summed E-state index contributed by atoms with van der Waals surface area (Å²) in [6, 6.07) is 6.16. The number of aromatic nitrogens is 2. The largest absolute Gasteiger partial charge is 0.257 e.